The average molecular weight is 217 g/mol. The van der Waals surface area contributed by atoms with E-state index in [4.69, 9.17) is 5.73 Å². The summed E-state index contributed by atoms with van der Waals surface area (Å²) < 4.78 is 37.6. The predicted octanol–water partition coefficient (Wildman–Crippen LogP) is 3.59. The Morgan fingerprint density at radius 1 is 1.07 bits per heavy atom. The van der Waals surface area contributed by atoms with Crippen LogP contribution in [0.5, 0.6) is 0 Å². The van der Waals surface area contributed by atoms with E-state index in [0.29, 0.717) is 5.56 Å². The van der Waals surface area contributed by atoms with Gasteiger partial charge in [0, 0.05) is 5.69 Å². The van der Waals surface area contributed by atoms with Crippen molar-refractivity contribution in [3.8, 4) is 0 Å². The molecule has 2 N–H and O–H groups in total. The molecule has 1 nitrogen and oxygen atoms in total. The van der Waals surface area contributed by atoms with Crippen LogP contribution in [0.3, 0.4) is 0 Å². The number of hydrogen-bond acceptors (Lipinski definition) is 1. The highest BCUT2D eigenvalue weighted by atomic mass is 19.4. The Hall–Kier alpha value is -1.19. The van der Waals surface area contributed by atoms with E-state index in [1.165, 1.54) is 6.07 Å². The molecule has 0 aromatic heterocycles. The predicted molar refractivity (Wildman–Crippen MR) is 54.6 cm³/mol. The van der Waals surface area contributed by atoms with Crippen molar-refractivity contribution in [2.45, 2.75) is 32.4 Å². The van der Waals surface area contributed by atoms with E-state index in [-0.39, 0.29) is 11.1 Å². The van der Waals surface area contributed by atoms with Crippen molar-refractivity contribution in [1.82, 2.24) is 0 Å². The molecule has 0 aliphatic carbocycles. The number of benzene rings is 1. The monoisotopic (exact) mass is 217 g/mol. The number of anilines is 1. The third kappa shape index (κ3) is 2.64. The first kappa shape index (κ1) is 11.9. The Morgan fingerprint density at radius 3 is 2.00 bits per heavy atom. The molecule has 1 aromatic rings. The van der Waals surface area contributed by atoms with Crippen molar-refractivity contribution in [2.24, 2.45) is 0 Å². The number of nitrogen functional groups attached to an aromatic ring is 1. The van der Waals surface area contributed by atoms with Crippen molar-refractivity contribution < 1.29 is 13.2 Å². The SMILES string of the molecule is CC(C)(C)c1ccc(N)c(C(F)(F)F)c1. The van der Waals surface area contributed by atoms with E-state index in [1.807, 2.05) is 20.8 Å². The Kier molecular flexibility index (Phi) is 2.72. The summed E-state index contributed by atoms with van der Waals surface area (Å²) in [5.74, 6) is 0. The van der Waals surface area contributed by atoms with E-state index < -0.39 is 11.7 Å². The highest BCUT2D eigenvalue weighted by molar-refractivity contribution is 5.51. The smallest absolute Gasteiger partial charge is 0.398 e. The number of hydrogen-bond donors (Lipinski definition) is 1. The van der Waals surface area contributed by atoms with Gasteiger partial charge in [-0.25, -0.2) is 0 Å². The lowest BCUT2D eigenvalue weighted by atomic mass is 9.86. The molecule has 15 heavy (non-hydrogen) atoms. The van der Waals surface area contributed by atoms with E-state index >= 15 is 0 Å². The molecule has 0 spiro atoms. The second-order valence-corrected chi connectivity index (χ2v) is 4.55. The van der Waals surface area contributed by atoms with Crippen LogP contribution in [0, 0.1) is 0 Å². The molecule has 0 heterocycles. The van der Waals surface area contributed by atoms with Crippen LogP contribution in [0.4, 0.5) is 18.9 Å². The van der Waals surface area contributed by atoms with E-state index in [2.05, 4.69) is 0 Å². The third-order valence-electron chi connectivity index (χ3n) is 2.22. The molecule has 1 aromatic carbocycles. The Morgan fingerprint density at radius 2 is 1.60 bits per heavy atom. The minimum absolute atomic E-state index is 0.226. The summed E-state index contributed by atoms with van der Waals surface area (Å²) >= 11 is 0. The summed E-state index contributed by atoms with van der Waals surface area (Å²) in [6.45, 7) is 5.58. The molecule has 84 valence electrons. The van der Waals surface area contributed by atoms with Crippen molar-refractivity contribution in [3.05, 3.63) is 29.3 Å². The van der Waals surface area contributed by atoms with Gasteiger partial charge < -0.3 is 5.73 Å². The van der Waals surface area contributed by atoms with Crippen molar-refractivity contribution in [1.29, 1.82) is 0 Å². The second-order valence-electron chi connectivity index (χ2n) is 4.55. The molecule has 0 saturated heterocycles. The van der Waals surface area contributed by atoms with Crippen LogP contribution >= 0.6 is 0 Å². The molecule has 0 radical (unpaired) electrons. The average Bonchev–Trinajstić information content (AvgIpc) is 2.00. The van der Waals surface area contributed by atoms with Crippen LogP contribution in [0.25, 0.3) is 0 Å². The maximum atomic E-state index is 12.5. The molecule has 0 aliphatic rings. The Labute approximate surface area is 87.1 Å². The summed E-state index contributed by atoms with van der Waals surface area (Å²) in [5.41, 5.74) is 4.63. The topological polar surface area (TPSA) is 26.0 Å². The molecule has 0 amide bonds. The zero-order chi connectivity index (χ0) is 11.9. The summed E-state index contributed by atoms with van der Waals surface area (Å²) in [7, 11) is 0. The lowest BCUT2D eigenvalue weighted by Crippen LogP contribution is -2.15. The molecular formula is C11H14F3N. The Bertz CT molecular complexity index is 361. The van der Waals surface area contributed by atoms with Gasteiger partial charge in [0.1, 0.15) is 0 Å². The fourth-order valence-electron chi connectivity index (χ4n) is 1.27. The standard InChI is InChI=1S/C11H14F3N/c1-10(2,3)7-4-5-9(15)8(6-7)11(12,13)14/h4-6H,15H2,1-3H3. The number of halogens is 3. The van der Waals surface area contributed by atoms with Gasteiger partial charge >= 0.3 is 6.18 Å². The number of alkyl halides is 3. The minimum atomic E-state index is -4.38. The normalized spacial score (nSPS) is 12.9. The van der Waals surface area contributed by atoms with Gasteiger partial charge in [-0.2, -0.15) is 13.2 Å². The first-order chi connectivity index (χ1) is 6.62. The first-order valence-electron chi connectivity index (χ1n) is 4.59. The van der Waals surface area contributed by atoms with Gasteiger partial charge in [-0.3, -0.25) is 0 Å². The third-order valence-corrected chi connectivity index (χ3v) is 2.22. The van der Waals surface area contributed by atoms with Gasteiger partial charge in [0.25, 0.3) is 0 Å². The summed E-state index contributed by atoms with van der Waals surface area (Å²) in [5, 5.41) is 0. The zero-order valence-corrected chi connectivity index (χ0v) is 8.94. The Balaban J connectivity index is 3.30. The maximum Gasteiger partial charge on any atom is 0.418 e. The van der Waals surface area contributed by atoms with Gasteiger partial charge in [0.15, 0.2) is 0 Å². The van der Waals surface area contributed by atoms with Crippen LogP contribution in [0.2, 0.25) is 0 Å². The van der Waals surface area contributed by atoms with Gasteiger partial charge in [-0.1, -0.05) is 26.8 Å². The second kappa shape index (κ2) is 3.43. The lowest BCUT2D eigenvalue weighted by molar-refractivity contribution is -0.137. The molecule has 1 rings (SSSR count). The molecule has 4 heteroatoms. The molecule has 0 unspecified atom stereocenters. The van der Waals surface area contributed by atoms with Crippen molar-refractivity contribution in [2.75, 3.05) is 5.73 Å². The minimum Gasteiger partial charge on any atom is -0.398 e. The number of rotatable bonds is 0. The molecular weight excluding hydrogens is 203 g/mol. The van der Waals surface area contributed by atoms with Gasteiger partial charge in [-0.15, -0.1) is 0 Å². The van der Waals surface area contributed by atoms with E-state index in [0.717, 1.165) is 6.07 Å². The van der Waals surface area contributed by atoms with Crippen LogP contribution < -0.4 is 5.73 Å². The lowest BCUT2D eigenvalue weighted by Gasteiger charge is -2.21. The van der Waals surface area contributed by atoms with Crippen molar-refractivity contribution >= 4 is 5.69 Å². The van der Waals surface area contributed by atoms with E-state index in [1.54, 1.807) is 6.07 Å². The summed E-state index contributed by atoms with van der Waals surface area (Å²) in [6.07, 6.45) is -4.38. The highest BCUT2D eigenvalue weighted by Crippen LogP contribution is 2.36. The summed E-state index contributed by atoms with van der Waals surface area (Å²) in [4.78, 5) is 0. The van der Waals surface area contributed by atoms with Crippen molar-refractivity contribution in [3.63, 3.8) is 0 Å². The first-order valence-corrected chi connectivity index (χ1v) is 4.59. The van der Waals surface area contributed by atoms with Crippen LogP contribution in [0.1, 0.15) is 31.9 Å². The molecule has 0 fully saturated rings. The van der Waals surface area contributed by atoms with Gasteiger partial charge in [-0.05, 0) is 23.1 Å². The quantitative estimate of drug-likeness (QED) is 0.660. The molecule has 0 saturated carbocycles. The summed E-state index contributed by atoms with van der Waals surface area (Å²) in [6, 6.07) is 4.06. The van der Waals surface area contributed by atoms with Crippen LogP contribution in [-0.4, -0.2) is 0 Å². The highest BCUT2D eigenvalue weighted by Gasteiger charge is 2.33. The molecule has 0 aliphatic heterocycles. The van der Waals surface area contributed by atoms with Crippen LogP contribution in [-0.2, 0) is 11.6 Å². The van der Waals surface area contributed by atoms with Gasteiger partial charge in [0.05, 0.1) is 5.56 Å². The maximum absolute atomic E-state index is 12.5. The zero-order valence-electron chi connectivity index (χ0n) is 8.94. The van der Waals surface area contributed by atoms with E-state index in [9.17, 15) is 13.2 Å². The molecule has 0 bridgehead atoms. The largest absolute Gasteiger partial charge is 0.418 e. The number of nitrogens with two attached hydrogens (primary N) is 1. The molecule has 0 atom stereocenters. The fourth-order valence-corrected chi connectivity index (χ4v) is 1.27. The van der Waals surface area contributed by atoms with Gasteiger partial charge in [0.2, 0.25) is 0 Å². The fraction of sp³-hybridized carbons (Fsp3) is 0.455. The van der Waals surface area contributed by atoms with Crippen LogP contribution in [0.15, 0.2) is 18.2 Å².